The van der Waals surface area contributed by atoms with E-state index in [2.05, 4.69) is 5.92 Å². The van der Waals surface area contributed by atoms with E-state index in [9.17, 15) is 0 Å². The quantitative estimate of drug-likeness (QED) is 0.521. The standard InChI is InChI=1S/C9H8.3C2H6/c1-3-9-6-4-8(2)5-7-9;3*1-2/h1,4-7H,2H3;3*1-2H3. The first-order valence-corrected chi connectivity index (χ1v) is 5.86. The van der Waals surface area contributed by atoms with Gasteiger partial charge in [-0.2, -0.15) is 0 Å². The zero-order valence-corrected chi connectivity index (χ0v) is 11.4. The fourth-order valence-corrected chi connectivity index (χ4v) is 0.650. The molecule has 0 atom stereocenters. The van der Waals surface area contributed by atoms with E-state index in [1.807, 2.05) is 72.7 Å². The molecule has 0 spiro atoms. The topological polar surface area (TPSA) is 0 Å². The van der Waals surface area contributed by atoms with E-state index in [0.29, 0.717) is 0 Å². The normalized spacial score (nSPS) is 6.27. The summed E-state index contributed by atoms with van der Waals surface area (Å²) in [7, 11) is 0. The van der Waals surface area contributed by atoms with Crippen molar-refractivity contribution in [1.82, 2.24) is 0 Å². The monoisotopic (exact) mass is 206 g/mol. The van der Waals surface area contributed by atoms with Crippen LogP contribution in [0.2, 0.25) is 0 Å². The van der Waals surface area contributed by atoms with Gasteiger partial charge in [0, 0.05) is 5.56 Å². The van der Waals surface area contributed by atoms with Gasteiger partial charge < -0.3 is 0 Å². The predicted octanol–water partition coefficient (Wildman–Crippen LogP) is 5.05. The van der Waals surface area contributed by atoms with Crippen molar-refractivity contribution in [2.75, 3.05) is 0 Å². The lowest BCUT2D eigenvalue weighted by Gasteiger charge is -1.89. The molecule has 15 heavy (non-hydrogen) atoms. The highest BCUT2D eigenvalue weighted by molar-refractivity contribution is 5.33. The van der Waals surface area contributed by atoms with Gasteiger partial charge in [0.25, 0.3) is 0 Å². The van der Waals surface area contributed by atoms with Crippen molar-refractivity contribution in [3.8, 4) is 12.3 Å². The lowest BCUT2D eigenvalue weighted by Crippen LogP contribution is -1.72. The SMILES string of the molecule is C#Cc1ccc(C)cc1.CC.CC.CC. The average molecular weight is 206 g/mol. The fourth-order valence-electron chi connectivity index (χ4n) is 0.650. The van der Waals surface area contributed by atoms with Crippen molar-refractivity contribution < 1.29 is 0 Å². The van der Waals surface area contributed by atoms with Crippen LogP contribution in [0.4, 0.5) is 0 Å². The molecular weight excluding hydrogens is 180 g/mol. The molecule has 0 aliphatic rings. The molecule has 0 saturated carbocycles. The minimum Gasteiger partial charge on any atom is -0.115 e. The largest absolute Gasteiger partial charge is 0.115 e. The van der Waals surface area contributed by atoms with Crippen LogP contribution in [0.3, 0.4) is 0 Å². The Bertz CT molecular complexity index is 223. The Kier molecular flexibility index (Phi) is 23.9. The van der Waals surface area contributed by atoms with Crippen LogP contribution < -0.4 is 0 Å². The van der Waals surface area contributed by atoms with Crippen molar-refractivity contribution in [3.63, 3.8) is 0 Å². The number of aryl methyl sites for hydroxylation is 1. The Morgan fingerprint density at radius 2 is 1.13 bits per heavy atom. The maximum Gasteiger partial charge on any atom is 0.0242 e. The van der Waals surface area contributed by atoms with Crippen molar-refractivity contribution in [1.29, 1.82) is 0 Å². The van der Waals surface area contributed by atoms with Gasteiger partial charge in [0.05, 0.1) is 0 Å². The Labute approximate surface area is 96.7 Å². The summed E-state index contributed by atoms with van der Waals surface area (Å²) in [5.41, 5.74) is 2.19. The third-order valence-corrected chi connectivity index (χ3v) is 1.22. The van der Waals surface area contributed by atoms with E-state index >= 15 is 0 Å². The molecule has 1 aromatic rings. The summed E-state index contributed by atoms with van der Waals surface area (Å²) in [6, 6.07) is 7.90. The Hall–Kier alpha value is -1.22. The lowest BCUT2D eigenvalue weighted by atomic mass is 10.2. The summed E-state index contributed by atoms with van der Waals surface area (Å²) in [6.07, 6.45) is 5.15. The zero-order valence-electron chi connectivity index (χ0n) is 11.4. The van der Waals surface area contributed by atoms with Gasteiger partial charge in [-0.05, 0) is 19.1 Å². The molecule has 0 unspecified atom stereocenters. The second-order valence-electron chi connectivity index (χ2n) is 2.01. The van der Waals surface area contributed by atoms with Crippen LogP contribution in [0.1, 0.15) is 52.7 Å². The van der Waals surface area contributed by atoms with E-state index in [1.54, 1.807) is 0 Å². The van der Waals surface area contributed by atoms with Gasteiger partial charge in [-0.3, -0.25) is 0 Å². The van der Waals surface area contributed by atoms with Crippen LogP contribution in [-0.4, -0.2) is 0 Å². The van der Waals surface area contributed by atoms with Crippen molar-refractivity contribution >= 4 is 0 Å². The molecule has 0 bridgehead atoms. The van der Waals surface area contributed by atoms with E-state index < -0.39 is 0 Å². The molecule has 1 aromatic carbocycles. The molecule has 0 saturated heterocycles. The van der Waals surface area contributed by atoms with Gasteiger partial charge in [0.15, 0.2) is 0 Å². The Morgan fingerprint density at radius 3 is 1.40 bits per heavy atom. The van der Waals surface area contributed by atoms with Crippen molar-refractivity contribution in [2.24, 2.45) is 0 Å². The highest BCUT2D eigenvalue weighted by Gasteiger charge is 1.82. The third kappa shape index (κ3) is 12.8. The first-order chi connectivity index (χ1) is 7.33. The molecule has 0 heterocycles. The number of benzene rings is 1. The molecule has 0 aliphatic carbocycles. The van der Waals surface area contributed by atoms with Gasteiger partial charge >= 0.3 is 0 Å². The number of terminal acetylenes is 1. The summed E-state index contributed by atoms with van der Waals surface area (Å²) in [6.45, 7) is 14.0. The molecule has 86 valence electrons. The third-order valence-electron chi connectivity index (χ3n) is 1.22. The second kappa shape index (κ2) is 18.5. The molecule has 0 N–H and O–H groups in total. The second-order valence-corrected chi connectivity index (χ2v) is 2.01. The van der Waals surface area contributed by atoms with Gasteiger partial charge in [0.2, 0.25) is 0 Å². The van der Waals surface area contributed by atoms with Crippen LogP contribution >= 0.6 is 0 Å². The van der Waals surface area contributed by atoms with E-state index in [-0.39, 0.29) is 0 Å². The minimum atomic E-state index is 0.945. The molecule has 1 rings (SSSR count). The Balaban J connectivity index is -0.000000208. The molecule has 0 amide bonds. The first kappa shape index (κ1) is 19.4. The summed E-state index contributed by atoms with van der Waals surface area (Å²) >= 11 is 0. The van der Waals surface area contributed by atoms with Crippen LogP contribution in [0.25, 0.3) is 0 Å². The molecule has 0 aromatic heterocycles. The maximum absolute atomic E-state index is 5.15. The van der Waals surface area contributed by atoms with Crippen molar-refractivity contribution in [3.05, 3.63) is 35.4 Å². The number of rotatable bonds is 0. The zero-order chi connectivity index (χ0) is 12.7. The van der Waals surface area contributed by atoms with E-state index in [4.69, 9.17) is 6.42 Å². The summed E-state index contributed by atoms with van der Waals surface area (Å²) in [5.74, 6) is 2.55. The first-order valence-electron chi connectivity index (χ1n) is 5.86. The molecule has 0 aliphatic heterocycles. The van der Waals surface area contributed by atoms with Gasteiger partial charge in [0.1, 0.15) is 0 Å². The van der Waals surface area contributed by atoms with E-state index in [1.165, 1.54) is 5.56 Å². The summed E-state index contributed by atoms with van der Waals surface area (Å²) in [5, 5.41) is 0. The molecule has 0 heteroatoms. The van der Waals surface area contributed by atoms with Crippen molar-refractivity contribution in [2.45, 2.75) is 48.5 Å². The molecular formula is C15H26. The predicted molar refractivity (Wildman–Crippen MR) is 73.2 cm³/mol. The highest BCUT2D eigenvalue weighted by Crippen LogP contribution is 1.99. The number of hydrogen-bond acceptors (Lipinski definition) is 0. The molecule has 0 radical (unpaired) electrons. The maximum atomic E-state index is 5.15. The highest BCUT2D eigenvalue weighted by atomic mass is 13.9. The van der Waals surface area contributed by atoms with Gasteiger partial charge in [-0.15, -0.1) is 6.42 Å². The summed E-state index contributed by atoms with van der Waals surface area (Å²) in [4.78, 5) is 0. The molecule has 0 fully saturated rings. The lowest BCUT2D eigenvalue weighted by molar-refractivity contribution is 1.46. The van der Waals surface area contributed by atoms with Gasteiger partial charge in [-0.25, -0.2) is 0 Å². The van der Waals surface area contributed by atoms with E-state index in [0.717, 1.165) is 5.56 Å². The smallest absolute Gasteiger partial charge is 0.0242 e. The van der Waals surface area contributed by atoms with Crippen LogP contribution in [0.5, 0.6) is 0 Å². The summed E-state index contributed by atoms with van der Waals surface area (Å²) < 4.78 is 0. The number of hydrogen-bond donors (Lipinski definition) is 0. The van der Waals surface area contributed by atoms with Crippen LogP contribution in [0, 0.1) is 19.3 Å². The molecule has 0 nitrogen and oxygen atoms in total. The average Bonchev–Trinajstić information content (AvgIpc) is 2.38. The Morgan fingerprint density at radius 1 is 0.800 bits per heavy atom. The fraction of sp³-hybridized carbons (Fsp3) is 0.467. The van der Waals surface area contributed by atoms with Crippen LogP contribution in [-0.2, 0) is 0 Å². The minimum absolute atomic E-state index is 0.945. The van der Waals surface area contributed by atoms with Gasteiger partial charge in [-0.1, -0.05) is 65.2 Å². The van der Waals surface area contributed by atoms with Crippen LogP contribution in [0.15, 0.2) is 24.3 Å².